The summed E-state index contributed by atoms with van der Waals surface area (Å²) < 4.78 is 5.05. The first-order valence-electron chi connectivity index (χ1n) is 5.92. The molecule has 0 unspecified atom stereocenters. The maximum atomic E-state index is 11.5. The molecule has 0 aliphatic carbocycles. The summed E-state index contributed by atoms with van der Waals surface area (Å²) in [6.07, 6.45) is 4.73. The molecule has 6 heteroatoms. The van der Waals surface area contributed by atoms with Gasteiger partial charge in [0.2, 0.25) is 0 Å². The highest BCUT2D eigenvalue weighted by Gasteiger charge is 1.98. The van der Waals surface area contributed by atoms with Crippen molar-refractivity contribution >= 4 is 17.9 Å². The third kappa shape index (κ3) is 4.09. The lowest BCUT2D eigenvalue weighted by molar-refractivity contribution is 0.252. The largest absolute Gasteiger partial charge is 0.497 e. The Bertz CT molecular complexity index is 582. The molecule has 2 amide bonds. The fourth-order valence-corrected chi connectivity index (χ4v) is 1.45. The minimum absolute atomic E-state index is 0.416. The first-order valence-corrected chi connectivity index (χ1v) is 5.92. The molecule has 0 fully saturated rings. The van der Waals surface area contributed by atoms with Crippen LogP contribution in [0.15, 0.2) is 53.9 Å². The summed E-state index contributed by atoms with van der Waals surface area (Å²) in [4.78, 5) is 15.4. The summed E-state index contributed by atoms with van der Waals surface area (Å²) in [5.74, 6) is 0.769. The van der Waals surface area contributed by atoms with E-state index in [1.54, 1.807) is 37.9 Å². The molecular weight excluding hydrogens is 256 g/mol. The van der Waals surface area contributed by atoms with E-state index in [-0.39, 0.29) is 0 Å². The Morgan fingerprint density at radius 2 is 1.90 bits per heavy atom. The number of ether oxygens (including phenoxy) is 1. The summed E-state index contributed by atoms with van der Waals surface area (Å²) in [5.41, 5.74) is 3.88. The van der Waals surface area contributed by atoms with Gasteiger partial charge < -0.3 is 10.1 Å². The van der Waals surface area contributed by atoms with Crippen LogP contribution in [0.5, 0.6) is 5.75 Å². The number of carbonyl (C=O) groups excluding carboxylic acids is 1. The summed E-state index contributed by atoms with van der Waals surface area (Å²) in [7, 11) is 1.61. The summed E-state index contributed by atoms with van der Waals surface area (Å²) in [6, 6.07) is 10.3. The van der Waals surface area contributed by atoms with Crippen molar-refractivity contribution in [2.45, 2.75) is 0 Å². The molecule has 2 aromatic rings. The van der Waals surface area contributed by atoms with E-state index in [0.29, 0.717) is 5.69 Å². The number of hydrazone groups is 1. The number of urea groups is 1. The molecule has 0 saturated heterocycles. The van der Waals surface area contributed by atoms with Gasteiger partial charge in [0, 0.05) is 18.1 Å². The molecule has 0 aliphatic rings. The second kappa shape index (κ2) is 6.89. The number of aromatic nitrogens is 1. The first-order chi connectivity index (χ1) is 9.78. The number of carbonyl (C=O) groups is 1. The average Bonchev–Trinajstić information content (AvgIpc) is 2.49. The molecule has 1 aromatic heterocycles. The lowest BCUT2D eigenvalue weighted by Gasteiger charge is -2.03. The predicted molar refractivity (Wildman–Crippen MR) is 77.0 cm³/mol. The average molecular weight is 270 g/mol. The molecule has 2 rings (SSSR count). The normalized spacial score (nSPS) is 10.2. The van der Waals surface area contributed by atoms with Crippen LogP contribution in [-0.4, -0.2) is 24.3 Å². The molecule has 0 saturated carbocycles. The van der Waals surface area contributed by atoms with E-state index < -0.39 is 6.03 Å². The molecule has 0 aliphatic heterocycles. The smallest absolute Gasteiger partial charge is 0.339 e. The zero-order chi connectivity index (χ0) is 14.2. The van der Waals surface area contributed by atoms with Gasteiger partial charge in [-0.1, -0.05) is 0 Å². The Labute approximate surface area is 116 Å². The van der Waals surface area contributed by atoms with Crippen molar-refractivity contribution in [3.8, 4) is 5.75 Å². The highest BCUT2D eigenvalue weighted by atomic mass is 16.5. The molecule has 1 heterocycles. The number of hydrogen-bond acceptors (Lipinski definition) is 4. The van der Waals surface area contributed by atoms with E-state index in [0.717, 1.165) is 11.3 Å². The van der Waals surface area contributed by atoms with Crippen LogP contribution in [0.4, 0.5) is 10.5 Å². The van der Waals surface area contributed by atoms with Gasteiger partial charge in [0.1, 0.15) is 5.75 Å². The van der Waals surface area contributed by atoms with Crippen LogP contribution in [0, 0.1) is 0 Å². The Kier molecular flexibility index (Phi) is 4.66. The molecular formula is C14H14N4O2. The maximum absolute atomic E-state index is 11.5. The van der Waals surface area contributed by atoms with Gasteiger partial charge in [0.05, 0.1) is 13.3 Å². The van der Waals surface area contributed by atoms with Gasteiger partial charge in [-0.3, -0.25) is 4.98 Å². The van der Waals surface area contributed by atoms with Crippen LogP contribution >= 0.6 is 0 Å². The zero-order valence-electron chi connectivity index (χ0n) is 10.9. The Morgan fingerprint density at radius 1 is 1.20 bits per heavy atom. The van der Waals surface area contributed by atoms with Crippen LogP contribution in [-0.2, 0) is 0 Å². The minimum Gasteiger partial charge on any atom is -0.497 e. The lowest BCUT2D eigenvalue weighted by atomic mass is 10.2. The van der Waals surface area contributed by atoms with E-state index in [2.05, 4.69) is 20.8 Å². The molecule has 0 radical (unpaired) electrons. The fourth-order valence-electron chi connectivity index (χ4n) is 1.45. The number of benzene rings is 1. The minimum atomic E-state index is -0.416. The lowest BCUT2D eigenvalue weighted by Crippen LogP contribution is -2.24. The topological polar surface area (TPSA) is 75.6 Å². The maximum Gasteiger partial charge on any atom is 0.339 e. The number of pyridine rings is 1. The van der Waals surface area contributed by atoms with Crippen molar-refractivity contribution in [3.05, 3.63) is 54.4 Å². The van der Waals surface area contributed by atoms with E-state index in [4.69, 9.17) is 4.74 Å². The third-order valence-electron chi connectivity index (χ3n) is 2.43. The number of nitrogens with zero attached hydrogens (tertiary/aromatic N) is 2. The zero-order valence-corrected chi connectivity index (χ0v) is 10.9. The van der Waals surface area contributed by atoms with Gasteiger partial charge in [-0.2, -0.15) is 5.10 Å². The van der Waals surface area contributed by atoms with E-state index >= 15 is 0 Å². The Hall–Kier alpha value is -2.89. The Balaban J connectivity index is 1.84. The van der Waals surface area contributed by atoms with Crippen LogP contribution in [0.25, 0.3) is 0 Å². The van der Waals surface area contributed by atoms with Gasteiger partial charge in [-0.15, -0.1) is 0 Å². The van der Waals surface area contributed by atoms with Crippen LogP contribution in [0.1, 0.15) is 5.56 Å². The highest BCUT2D eigenvalue weighted by Crippen LogP contribution is 2.09. The van der Waals surface area contributed by atoms with Crippen LogP contribution < -0.4 is 15.5 Å². The summed E-state index contributed by atoms with van der Waals surface area (Å²) in [6.45, 7) is 0. The molecule has 102 valence electrons. The number of nitrogens with one attached hydrogen (secondary N) is 2. The van der Waals surface area contributed by atoms with E-state index in [1.807, 2.05) is 24.3 Å². The van der Waals surface area contributed by atoms with Crippen LogP contribution in [0.3, 0.4) is 0 Å². The number of hydrogen-bond donors (Lipinski definition) is 2. The number of methoxy groups -OCH3 is 1. The predicted octanol–water partition coefficient (Wildman–Crippen LogP) is 2.25. The van der Waals surface area contributed by atoms with Crippen molar-refractivity contribution < 1.29 is 9.53 Å². The molecule has 0 atom stereocenters. The van der Waals surface area contributed by atoms with Gasteiger partial charge >= 0.3 is 6.03 Å². The highest BCUT2D eigenvalue weighted by molar-refractivity contribution is 5.90. The monoisotopic (exact) mass is 270 g/mol. The molecule has 0 bridgehead atoms. The third-order valence-corrected chi connectivity index (χ3v) is 2.43. The summed E-state index contributed by atoms with van der Waals surface area (Å²) >= 11 is 0. The SMILES string of the molecule is COc1ccc(/C=N/NC(=O)Nc2ccncc2)cc1. The number of rotatable bonds is 4. The molecule has 1 aromatic carbocycles. The molecule has 2 N–H and O–H groups in total. The van der Waals surface area contributed by atoms with Gasteiger partial charge in [0.25, 0.3) is 0 Å². The number of anilines is 1. The van der Waals surface area contributed by atoms with Crippen molar-refractivity contribution in [3.63, 3.8) is 0 Å². The molecule has 0 spiro atoms. The number of amides is 2. The molecule has 20 heavy (non-hydrogen) atoms. The van der Waals surface area contributed by atoms with Crippen molar-refractivity contribution in [1.29, 1.82) is 0 Å². The van der Waals surface area contributed by atoms with Gasteiger partial charge in [-0.05, 0) is 42.0 Å². The van der Waals surface area contributed by atoms with Crippen LogP contribution in [0.2, 0.25) is 0 Å². The van der Waals surface area contributed by atoms with E-state index in [1.165, 1.54) is 0 Å². The fraction of sp³-hybridized carbons (Fsp3) is 0.0714. The Morgan fingerprint density at radius 3 is 2.55 bits per heavy atom. The van der Waals surface area contributed by atoms with Crippen molar-refractivity contribution in [2.75, 3.05) is 12.4 Å². The van der Waals surface area contributed by atoms with Crippen molar-refractivity contribution in [1.82, 2.24) is 10.4 Å². The van der Waals surface area contributed by atoms with Gasteiger partial charge in [0.15, 0.2) is 0 Å². The second-order valence-corrected chi connectivity index (χ2v) is 3.83. The quantitative estimate of drug-likeness (QED) is 0.661. The standard InChI is InChI=1S/C14H14N4O2/c1-20-13-4-2-11(3-5-13)10-16-18-14(19)17-12-6-8-15-9-7-12/h2-10H,1H3,(H2,15,17,18,19)/b16-10+. The summed E-state index contributed by atoms with van der Waals surface area (Å²) in [5, 5.41) is 6.47. The molecule has 6 nitrogen and oxygen atoms in total. The van der Waals surface area contributed by atoms with E-state index in [9.17, 15) is 4.79 Å². The first kappa shape index (κ1) is 13.5. The van der Waals surface area contributed by atoms with Crippen molar-refractivity contribution in [2.24, 2.45) is 5.10 Å². The van der Waals surface area contributed by atoms with Gasteiger partial charge in [-0.25, -0.2) is 10.2 Å². The second-order valence-electron chi connectivity index (χ2n) is 3.83.